The number of nitrogens with two attached hydrogens (primary N) is 1. The summed E-state index contributed by atoms with van der Waals surface area (Å²) in [7, 11) is 1.53. The molecule has 0 saturated carbocycles. The Bertz CT molecular complexity index is 703. The van der Waals surface area contributed by atoms with Crippen molar-refractivity contribution in [1.29, 1.82) is 5.26 Å². The lowest BCUT2D eigenvalue weighted by Crippen LogP contribution is -2.26. The molecular formula is C15H14FN3O2. The SMILES string of the molecule is CN(Cc1cc(C#N)ccc1F)C(=O)c1ccc(CN)o1. The third-order valence-electron chi connectivity index (χ3n) is 3.00. The number of furan rings is 1. The van der Waals surface area contributed by atoms with E-state index in [0.29, 0.717) is 11.3 Å². The fourth-order valence-corrected chi connectivity index (χ4v) is 1.88. The van der Waals surface area contributed by atoms with Crippen LogP contribution in [0.5, 0.6) is 0 Å². The largest absolute Gasteiger partial charge is 0.455 e. The van der Waals surface area contributed by atoms with Gasteiger partial charge >= 0.3 is 0 Å². The van der Waals surface area contributed by atoms with Crippen molar-refractivity contribution in [3.05, 3.63) is 58.8 Å². The number of benzene rings is 1. The van der Waals surface area contributed by atoms with E-state index < -0.39 is 5.82 Å². The number of amides is 1. The summed E-state index contributed by atoms with van der Waals surface area (Å²) in [6.07, 6.45) is 0. The second kappa shape index (κ2) is 6.20. The van der Waals surface area contributed by atoms with Gasteiger partial charge in [-0.15, -0.1) is 0 Å². The van der Waals surface area contributed by atoms with Crippen LogP contribution in [-0.2, 0) is 13.1 Å². The van der Waals surface area contributed by atoms with Crippen molar-refractivity contribution in [3.8, 4) is 6.07 Å². The predicted octanol–water partition coefficient (Wildman–Crippen LogP) is 2.02. The summed E-state index contributed by atoms with van der Waals surface area (Å²) < 4.78 is 19.0. The van der Waals surface area contributed by atoms with Crippen LogP contribution in [-0.4, -0.2) is 17.9 Å². The normalized spacial score (nSPS) is 10.2. The summed E-state index contributed by atoms with van der Waals surface area (Å²) in [6, 6.07) is 9.12. The summed E-state index contributed by atoms with van der Waals surface area (Å²) in [5, 5.41) is 8.82. The first-order chi connectivity index (χ1) is 10.0. The first-order valence-corrected chi connectivity index (χ1v) is 6.28. The average Bonchev–Trinajstić information content (AvgIpc) is 2.97. The number of hydrogen-bond acceptors (Lipinski definition) is 4. The van der Waals surface area contributed by atoms with E-state index in [1.165, 1.54) is 36.2 Å². The average molecular weight is 287 g/mol. The highest BCUT2D eigenvalue weighted by atomic mass is 19.1. The minimum Gasteiger partial charge on any atom is -0.455 e. The van der Waals surface area contributed by atoms with Crippen LogP contribution < -0.4 is 5.73 Å². The lowest BCUT2D eigenvalue weighted by molar-refractivity contribution is 0.0750. The van der Waals surface area contributed by atoms with Gasteiger partial charge in [0.15, 0.2) is 5.76 Å². The van der Waals surface area contributed by atoms with E-state index >= 15 is 0 Å². The van der Waals surface area contributed by atoms with Gasteiger partial charge in [-0.25, -0.2) is 4.39 Å². The van der Waals surface area contributed by atoms with E-state index in [0.717, 1.165) is 0 Å². The van der Waals surface area contributed by atoms with Crippen LogP contribution >= 0.6 is 0 Å². The third-order valence-corrected chi connectivity index (χ3v) is 3.00. The van der Waals surface area contributed by atoms with E-state index in [9.17, 15) is 9.18 Å². The van der Waals surface area contributed by atoms with Gasteiger partial charge in [-0.3, -0.25) is 4.79 Å². The second-order valence-electron chi connectivity index (χ2n) is 4.55. The number of hydrogen-bond donors (Lipinski definition) is 1. The highest BCUT2D eigenvalue weighted by Crippen LogP contribution is 2.15. The van der Waals surface area contributed by atoms with Gasteiger partial charge in [0.25, 0.3) is 5.91 Å². The minimum atomic E-state index is -0.462. The minimum absolute atomic E-state index is 0.0405. The number of carbonyl (C=O) groups excluding carboxylic acids is 1. The van der Waals surface area contributed by atoms with Crippen LogP contribution in [0.1, 0.15) is 27.4 Å². The standard InChI is InChI=1S/C15H14FN3O2/c1-19(15(20)14-5-3-12(8-18)21-14)9-11-6-10(7-17)2-4-13(11)16/h2-6H,8-9,18H2,1H3. The Labute approximate surface area is 121 Å². The van der Waals surface area contributed by atoms with Crippen LogP contribution in [0.25, 0.3) is 0 Å². The van der Waals surface area contributed by atoms with E-state index in [1.807, 2.05) is 6.07 Å². The zero-order chi connectivity index (χ0) is 15.4. The van der Waals surface area contributed by atoms with Crippen molar-refractivity contribution >= 4 is 5.91 Å². The van der Waals surface area contributed by atoms with Gasteiger partial charge in [0.05, 0.1) is 18.2 Å². The maximum absolute atomic E-state index is 13.7. The molecule has 2 aromatic rings. The number of nitrogens with zero attached hydrogens (tertiary/aromatic N) is 2. The van der Waals surface area contributed by atoms with E-state index in [4.69, 9.17) is 15.4 Å². The molecular weight excluding hydrogens is 273 g/mol. The molecule has 108 valence electrons. The zero-order valence-corrected chi connectivity index (χ0v) is 11.5. The van der Waals surface area contributed by atoms with Gasteiger partial charge in [0.1, 0.15) is 11.6 Å². The molecule has 0 aliphatic carbocycles. The Morgan fingerprint density at radius 2 is 2.19 bits per heavy atom. The Hall–Kier alpha value is -2.65. The molecule has 1 aromatic carbocycles. The molecule has 21 heavy (non-hydrogen) atoms. The van der Waals surface area contributed by atoms with Gasteiger partial charge in [0, 0.05) is 19.2 Å². The van der Waals surface area contributed by atoms with Crippen LogP contribution in [0.15, 0.2) is 34.7 Å². The molecule has 0 fully saturated rings. The Morgan fingerprint density at radius 1 is 1.43 bits per heavy atom. The van der Waals surface area contributed by atoms with Crippen molar-refractivity contribution in [1.82, 2.24) is 4.90 Å². The molecule has 1 heterocycles. The monoisotopic (exact) mass is 287 g/mol. The van der Waals surface area contributed by atoms with Gasteiger partial charge in [0.2, 0.25) is 0 Å². The van der Waals surface area contributed by atoms with E-state index in [1.54, 1.807) is 6.07 Å². The topological polar surface area (TPSA) is 83.3 Å². The first-order valence-electron chi connectivity index (χ1n) is 6.28. The van der Waals surface area contributed by atoms with Crippen molar-refractivity contribution in [3.63, 3.8) is 0 Å². The van der Waals surface area contributed by atoms with E-state index in [-0.39, 0.29) is 30.3 Å². The van der Waals surface area contributed by atoms with Crippen LogP contribution in [0, 0.1) is 17.1 Å². The zero-order valence-electron chi connectivity index (χ0n) is 11.5. The van der Waals surface area contributed by atoms with Crippen molar-refractivity contribution in [2.24, 2.45) is 5.73 Å². The van der Waals surface area contributed by atoms with Crippen molar-refractivity contribution < 1.29 is 13.6 Å². The van der Waals surface area contributed by atoms with Gasteiger partial charge in [-0.05, 0) is 30.3 Å². The molecule has 0 atom stereocenters. The maximum Gasteiger partial charge on any atom is 0.289 e. The van der Waals surface area contributed by atoms with Crippen LogP contribution in [0.4, 0.5) is 4.39 Å². The fourth-order valence-electron chi connectivity index (χ4n) is 1.88. The Morgan fingerprint density at radius 3 is 2.81 bits per heavy atom. The fraction of sp³-hybridized carbons (Fsp3) is 0.200. The van der Waals surface area contributed by atoms with Gasteiger partial charge in [-0.1, -0.05) is 0 Å². The molecule has 0 aliphatic rings. The molecule has 0 unspecified atom stereocenters. The van der Waals surface area contributed by atoms with Crippen LogP contribution in [0.2, 0.25) is 0 Å². The summed E-state index contributed by atoms with van der Waals surface area (Å²) in [5.41, 5.74) is 6.03. The predicted molar refractivity (Wildman–Crippen MR) is 73.5 cm³/mol. The van der Waals surface area contributed by atoms with Crippen LogP contribution in [0.3, 0.4) is 0 Å². The third kappa shape index (κ3) is 3.27. The molecule has 0 radical (unpaired) electrons. The second-order valence-corrected chi connectivity index (χ2v) is 4.55. The number of carbonyl (C=O) groups is 1. The number of halogens is 1. The molecule has 6 heteroatoms. The smallest absolute Gasteiger partial charge is 0.289 e. The molecule has 0 aliphatic heterocycles. The molecule has 0 spiro atoms. The van der Waals surface area contributed by atoms with Crippen molar-refractivity contribution in [2.45, 2.75) is 13.1 Å². The molecule has 5 nitrogen and oxygen atoms in total. The molecule has 0 bridgehead atoms. The quantitative estimate of drug-likeness (QED) is 0.932. The lowest BCUT2D eigenvalue weighted by Gasteiger charge is -2.16. The van der Waals surface area contributed by atoms with Gasteiger partial charge in [-0.2, -0.15) is 5.26 Å². The van der Waals surface area contributed by atoms with Gasteiger partial charge < -0.3 is 15.1 Å². The molecule has 0 saturated heterocycles. The highest BCUT2D eigenvalue weighted by molar-refractivity contribution is 5.91. The van der Waals surface area contributed by atoms with Crippen molar-refractivity contribution in [2.75, 3.05) is 7.05 Å². The summed E-state index contributed by atoms with van der Waals surface area (Å²) in [4.78, 5) is 13.5. The maximum atomic E-state index is 13.7. The molecule has 1 amide bonds. The van der Waals surface area contributed by atoms with E-state index in [2.05, 4.69) is 0 Å². The Balaban J connectivity index is 2.16. The summed E-state index contributed by atoms with van der Waals surface area (Å²) >= 11 is 0. The highest BCUT2D eigenvalue weighted by Gasteiger charge is 2.17. The molecule has 2 rings (SSSR count). The summed E-state index contributed by atoms with van der Waals surface area (Å²) in [5.74, 6) is -0.189. The number of nitriles is 1. The molecule has 2 N–H and O–H groups in total. The first kappa shape index (κ1) is 14.8. The Kier molecular flexibility index (Phi) is 4.36. The molecule has 1 aromatic heterocycles. The lowest BCUT2D eigenvalue weighted by atomic mass is 10.1. The number of rotatable bonds is 4. The summed E-state index contributed by atoms with van der Waals surface area (Å²) in [6.45, 7) is 0.245.